The summed E-state index contributed by atoms with van der Waals surface area (Å²) in [5.41, 5.74) is 2.43. The van der Waals surface area contributed by atoms with Crippen LogP contribution in [0.25, 0.3) is 10.9 Å². The summed E-state index contributed by atoms with van der Waals surface area (Å²) in [6.45, 7) is 4.78. The van der Waals surface area contributed by atoms with Gasteiger partial charge in [-0.3, -0.25) is 4.98 Å². The van der Waals surface area contributed by atoms with Gasteiger partial charge in [-0.1, -0.05) is 24.3 Å². The average Bonchev–Trinajstić information content (AvgIpc) is 2.52. The maximum atomic E-state index is 5.75. The highest BCUT2D eigenvalue weighted by molar-refractivity contribution is 5.81. The van der Waals surface area contributed by atoms with Crippen molar-refractivity contribution in [1.82, 2.24) is 15.2 Å². The molecule has 0 bridgehead atoms. The molecule has 1 atom stereocenters. The van der Waals surface area contributed by atoms with E-state index in [4.69, 9.17) is 4.74 Å². The van der Waals surface area contributed by atoms with E-state index < -0.39 is 0 Å². The van der Waals surface area contributed by atoms with Crippen LogP contribution in [0.15, 0.2) is 36.5 Å². The molecule has 0 saturated carbocycles. The van der Waals surface area contributed by atoms with Gasteiger partial charge < -0.3 is 15.0 Å². The second-order valence-electron chi connectivity index (χ2n) is 5.70. The van der Waals surface area contributed by atoms with E-state index in [2.05, 4.69) is 46.5 Å². The minimum absolute atomic E-state index is 0.314. The zero-order chi connectivity index (χ0) is 14.5. The molecule has 1 unspecified atom stereocenters. The van der Waals surface area contributed by atoms with Crippen LogP contribution in [0.2, 0.25) is 0 Å². The second-order valence-corrected chi connectivity index (χ2v) is 5.70. The number of pyridine rings is 1. The molecule has 1 aliphatic rings. The van der Waals surface area contributed by atoms with E-state index in [-0.39, 0.29) is 0 Å². The fourth-order valence-corrected chi connectivity index (χ4v) is 2.85. The van der Waals surface area contributed by atoms with Crippen LogP contribution in [0.4, 0.5) is 0 Å². The van der Waals surface area contributed by atoms with Gasteiger partial charge in [0.1, 0.15) is 0 Å². The summed E-state index contributed by atoms with van der Waals surface area (Å²) in [4.78, 5) is 6.82. The number of nitrogens with zero attached hydrogens (tertiary/aromatic N) is 2. The Kier molecular flexibility index (Phi) is 4.80. The molecule has 0 amide bonds. The van der Waals surface area contributed by atoms with Crippen LogP contribution >= 0.6 is 0 Å². The summed E-state index contributed by atoms with van der Waals surface area (Å²) < 4.78 is 5.75. The number of benzene rings is 1. The summed E-state index contributed by atoms with van der Waals surface area (Å²) in [5, 5.41) is 4.72. The van der Waals surface area contributed by atoms with E-state index in [0.29, 0.717) is 6.10 Å². The molecule has 0 aliphatic carbocycles. The Morgan fingerprint density at radius 1 is 1.33 bits per heavy atom. The normalized spacial score (nSPS) is 20.0. The number of aromatic nitrogens is 1. The molecule has 112 valence electrons. The lowest BCUT2D eigenvalue weighted by Crippen LogP contribution is -2.45. The molecule has 1 aromatic carbocycles. The molecule has 4 heteroatoms. The van der Waals surface area contributed by atoms with Gasteiger partial charge in [-0.2, -0.15) is 0 Å². The molecule has 0 radical (unpaired) electrons. The number of nitrogens with one attached hydrogen (secondary N) is 1. The molecule has 1 aromatic heterocycles. The molecule has 1 fully saturated rings. The van der Waals surface area contributed by atoms with Crippen molar-refractivity contribution >= 4 is 10.9 Å². The highest BCUT2D eigenvalue weighted by Gasteiger charge is 2.16. The lowest BCUT2D eigenvalue weighted by atomic mass is 10.1. The van der Waals surface area contributed by atoms with E-state index in [1.165, 1.54) is 10.9 Å². The van der Waals surface area contributed by atoms with Crippen LogP contribution in [0.1, 0.15) is 5.56 Å². The maximum absolute atomic E-state index is 5.75. The van der Waals surface area contributed by atoms with Gasteiger partial charge >= 0.3 is 0 Å². The Hall–Kier alpha value is -1.49. The number of fused-ring (bicyclic) bond motifs is 1. The number of rotatable bonds is 5. The highest BCUT2D eigenvalue weighted by Crippen LogP contribution is 2.15. The van der Waals surface area contributed by atoms with Gasteiger partial charge in [0.15, 0.2) is 0 Å². The highest BCUT2D eigenvalue weighted by atomic mass is 16.5. The Labute approximate surface area is 126 Å². The van der Waals surface area contributed by atoms with Crippen molar-refractivity contribution in [3.63, 3.8) is 0 Å². The smallest absolute Gasteiger partial charge is 0.0826 e. The van der Waals surface area contributed by atoms with E-state index in [1.54, 1.807) is 0 Å². The van der Waals surface area contributed by atoms with Crippen LogP contribution in [0, 0.1) is 0 Å². The summed E-state index contributed by atoms with van der Waals surface area (Å²) in [5.74, 6) is 0. The van der Waals surface area contributed by atoms with Gasteiger partial charge in [0.05, 0.1) is 18.2 Å². The zero-order valence-electron chi connectivity index (χ0n) is 12.6. The quantitative estimate of drug-likeness (QED) is 0.849. The van der Waals surface area contributed by atoms with Crippen LogP contribution in [0.5, 0.6) is 0 Å². The fraction of sp³-hybridized carbons (Fsp3) is 0.471. The molecule has 21 heavy (non-hydrogen) atoms. The standard InChI is InChI=1S/C17H23N3O/c1-20-10-11-21-16(13-20)12-18-9-7-15-5-2-4-14-6-3-8-19-17(14)15/h2-6,8,16,18H,7,9-13H2,1H3. The first-order valence-corrected chi connectivity index (χ1v) is 7.66. The Morgan fingerprint density at radius 3 is 3.14 bits per heavy atom. The van der Waals surface area contributed by atoms with Crippen molar-refractivity contribution in [3.05, 3.63) is 42.1 Å². The fourth-order valence-electron chi connectivity index (χ4n) is 2.85. The van der Waals surface area contributed by atoms with Gasteiger partial charge in [-0.05, 0) is 31.6 Å². The number of morpholine rings is 1. The first kappa shape index (κ1) is 14.4. The predicted octanol–water partition coefficient (Wildman–Crippen LogP) is 1.70. The van der Waals surface area contributed by atoms with Crippen LogP contribution in [0.3, 0.4) is 0 Å². The van der Waals surface area contributed by atoms with Crippen molar-refractivity contribution < 1.29 is 4.74 Å². The average molecular weight is 285 g/mol. The SMILES string of the molecule is CN1CCOC(CNCCc2cccc3cccnc23)C1. The molecule has 1 aliphatic heterocycles. The van der Waals surface area contributed by atoms with Gasteiger partial charge in [-0.15, -0.1) is 0 Å². The van der Waals surface area contributed by atoms with Crippen molar-refractivity contribution in [3.8, 4) is 0 Å². The predicted molar refractivity (Wildman–Crippen MR) is 85.6 cm³/mol. The van der Waals surface area contributed by atoms with Crippen LogP contribution in [-0.2, 0) is 11.2 Å². The number of hydrogen-bond donors (Lipinski definition) is 1. The second kappa shape index (κ2) is 6.98. The molecule has 1 N–H and O–H groups in total. The molecule has 0 spiro atoms. The molecule has 2 heterocycles. The Balaban J connectivity index is 1.50. The van der Waals surface area contributed by atoms with E-state index in [1.807, 2.05) is 12.3 Å². The molecule has 2 aromatic rings. The molecular weight excluding hydrogens is 262 g/mol. The molecule has 3 rings (SSSR count). The van der Waals surface area contributed by atoms with Crippen molar-refractivity contribution in [1.29, 1.82) is 0 Å². The van der Waals surface area contributed by atoms with Gasteiger partial charge in [-0.25, -0.2) is 0 Å². The minimum Gasteiger partial charge on any atom is -0.374 e. The lowest BCUT2D eigenvalue weighted by molar-refractivity contribution is -0.0179. The van der Waals surface area contributed by atoms with E-state index >= 15 is 0 Å². The van der Waals surface area contributed by atoms with Gasteiger partial charge in [0.2, 0.25) is 0 Å². The number of hydrogen-bond acceptors (Lipinski definition) is 4. The topological polar surface area (TPSA) is 37.4 Å². The number of ether oxygens (including phenoxy) is 1. The van der Waals surface area contributed by atoms with Crippen LogP contribution in [-0.4, -0.2) is 55.8 Å². The van der Waals surface area contributed by atoms with Crippen molar-refractivity contribution in [2.45, 2.75) is 12.5 Å². The number of para-hydroxylation sites is 1. The number of likely N-dealkylation sites (N-methyl/N-ethyl adjacent to an activating group) is 1. The summed E-state index contributed by atoms with van der Waals surface area (Å²) in [6.07, 6.45) is 3.18. The van der Waals surface area contributed by atoms with Gasteiger partial charge in [0, 0.05) is 31.2 Å². The Morgan fingerprint density at radius 2 is 2.24 bits per heavy atom. The molecular formula is C17H23N3O. The van der Waals surface area contributed by atoms with Crippen molar-refractivity contribution in [2.24, 2.45) is 0 Å². The first-order chi connectivity index (χ1) is 10.3. The summed E-state index contributed by atoms with van der Waals surface area (Å²) >= 11 is 0. The zero-order valence-corrected chi connectivity index (χ0v) is 12.6. The summed E-state index contributed by atoms with van der Waals surface area (Å²) in [7, 11) is 2.15. The maximum Gasteiger partial charge on any atom is 0.0826 e. The van der Waals surface area contributed by atoms with E-state index in [9.17, 15) is 0 Å². The minimum atomic E-state index is 0.314. The van der Waals surface area contributed by atoms with Crippen molar-refractivity contribution in [2.75, 3.05) is 39.8 Å². The third-order valence-electron chi connectivity index (χ3n) is 4.00. The van der Waals surface area contributed by atoms with E-state index in [0.717, 1.165) is 44.7 Å². The molecule has 4 nitrogen and oxygen atoms in total. The third-order valence-corrected chi connectivity index (χ3v) is 4.00. The molecule has 1 saturated heterocycles. The lowest BCUT2D eigenvalue weighted by Gasteiger charge is -2.30. The van der Waals surface area contributed by atoms with Gasteiger partial charge in [0.25, 0.3) is 0 Å². The first-order valence-electron chi connectivity index (χ1n) is 7.66. The monoisotopic (exact) mass is 285 g/mol. The third kappa shape index (κ3) is 3.79. The summed E-state index contributed by atoms with van der Waals surface area (Å²) in [6, 6.07) is 10.5. The largest absolute Gasteiger partial charge is 0.374 e. The Bertz CT molecular complexity index is 582. The van der Waals surface area contributed by atoms with Crippen LogP contribution < -0.4 is 5.32 Å².